The van der Waals surface area contributed by atoms with Gasteiger partial charge < -0.3 is 18.6 Å². The first-order chi connectivity index (χ1) is 18.7. The first-order valence-electron chi connectivity index (χ1n) is 13.8. The third-order valence-corrected chi connectivity index (χ3v) is 12.9. The summed E-state index contributed by atoms with van der Waals surface area (Å²) in [4.78, 5) is 12.3. The fraction of sp³-hybridized carbons (Fsp3) is 0.424. The van der Waals surface area contributed by atoms with Gasteiger partial charge >= 0.3 is 5.97 Å². The molecule has 0 N–H and O–H groups in total. The van der Waals surface area contributed by atoms with Gasteiger partial charge in [0.15, 0.2) is 6.29 Å². The van der Waals surface area contributed by atoms with E-state index in [0.29, 0.717) is 6.61 Å². The molecule has 0 spiro atoms. The molecule has 3 aromatic rings. The van der Waals surface area contributed by atoms with E-state index in [9.17, 15) is 4.79 Å². The predicted octanol–water partition coefficient (Wildman–Crippen LogP) is 5.88. The second kappa shape index (κ2) is 12.6. The summed E-state index contributed by atoms with van der Waals surface area (Å²) in [7, 11) is -1.27. The summed E-state index contributed by atoms with van der Waals surface area (Å²) < 4.78 is 25.2. The summed E-state index contributed by atoms with van der Waals surface area (Å²) in [5.41, 5.74) is 0.935. The zero-order valence-corrected chi connectivity index (χ0v) is 25.0. The summed E-state index contributed by atoms with van der Waals surface area (Å²) in [6.45, 7) is 11.7. The van der Waals surface area contributed by atoms with Crippen LogP contribution < -0.4 is 10.4 Å². The van der Waals surface area contributed by atoms with Crippen LogP contribution in [-0.4, -0.2) is 40.2 Å². The van der Waals surface area contributed by atoms with Gasteiger partial charge in [-0.05, 0) is 15.4 Å². The van der Waals surface area contributed by atoms with Crippen molar-refractivity contribution in [3.63, 3.8) is 0 Å². The Morgan fingerprint density at radius 1 is 0.872 bits per heavy atom. The minimum absolute atomic E-state index is 0.0261. The largest absolute Gasteiger partial charge is 0.469 e. The number of ether oxygens (including phenoxy) is 3. The molecule has 0 radical (unpaired) electrons. The van der Waals surface area contributed by atoms with E-state index >= 15 is 0 Å². The molecular weight excluding hydrogens is 504 g/mol. The minimum Gasteiger partial charge on any atom is -0.469 e. The lowest BCUT2D eigenvalue weighted by Gasteiger charge is -2.46. The van der Waals surface area contributed by atoms with E-state index < -0.39 is 14.6 Å². The Labute approximate surface area is 234 Å². The van der Waals surface area contributed by atoms with E-state index in [0.717, 1.165) is 5.56 Å². The van der Waals surface area contributed by atoms with Gasteiger partial charge in [0.2, 0.25) is 0 Å². The second-order valence-corrected chi connectivity index (χ2v) is 15.9. The van der Waals surface area contributed by atoms with Gasteiger partial charge in [0.05, 0.1) is 25.7 Å². The van der Waals surface area contributed by atoms with Crippen molar-refractivity contribution >= 4 is 24.7 Å². The molecule has 4 rings (SSSR count). The molecule has 6 heteroatoms. The minimum atomic E-state index is -2.69. The molecule has 3 aromatic carbocycles. The van der Waals surface area contributed by atoms with E-state index in [1.54, 1.807) is 0 Å². The van der Waals surface area contributed by atoms with Gasteiger partial charge in [-0.1, -0.05) is 126 Å². The van der Waals surface area contributed by atoms with Crippen molar-refractivity contribution in [3.8, 4) is 0 Å². The number of esters is 1. The Balaban J connectivity index is 1.65. The van der Waals surface area contributed by atoms with Crippen LogP contribution in [0.15, 0.2) is 91.0 Å². The molecule has 0 unspecified atom stereocenters. The van der Waals surface area contributed by atoms with Crippen LogP contribution >= 0.6 is 0 Å². The van der Waals surface area contributed by atoms with E-state index in [2.05, 4.69) is 95.3 Å². The van der Waals surface area contributed by atoms with Crippen LogP contribution in [0, 0.1) is 11.8 Å². The fourth-order valence-electron chi connectivity index (χ4n) is 5.81. The van der Waals surface area contributed by atoms with Crippen molar-refractivity contribution in [2.45, 2.75) is 64.6 Å². The van der Waals surface area contributed by atoms with E-state index in [1.165, 1.54) is 17.5 Å². The summed E-state index contributed by atoms with van der Waals surface area (Å²) in [5, 5.41) is 2.39. The van der Waals surface area contributed by atoms with Crippen molar-refractivity contribution in [2.75, 3.05) is 13.7 Å². The van der Waals surface area contributed by atoms with E-state index in [4.69, 9.17) is 18.6 Å². The zero-order chi connectivity index (χ0) is 28.0. The third kappa shape index (κ3) is 6.36. The van der Waals surface area contributed by atoms with Gasteiger partial charge in [-0.15, -0.1) is 0 Å². The van der Waals surface area contributed by atoms with Gasteiger partial charge in [-0.25, -0.2) is 0 Å². The number of methoxy groups -OCH3 is 1. The molecule has 5 atom stereocenters. The van der Waals surface area contributed by atoms with Crippen molar-refractivity contribution in [1.82, 2.24) is 0 Å². The normalized spacial score (nSPS) is 22.7. The lowest BCUT2D eigenvalue weighted by atomic mass is 9.87. The Kier molecular flexibility index (Phi) is 9.44. The Hall–Kier alpha value is -2.77. The predicted molar refractivity (Wildman–Crippen MR) is 157 cm³/mol. The SMILES string of the molecule is COC(=O)C[C@H]1O[C@@H](c2ccccc2)O[C@@H]([C@H](C)CO[Si](c2ccccc2)(c2ccccc2)C(C)(C)C)[C@@H]1C. The molecule has 1 heterocycles. The number of rotatable bonds is 9. The Bertz CT molecular complexity index is 1140. The lowest BCUT2D eigenvalue weighted by Crippen LogP contribution is -2.67. The molecule has 5 nitrogen and oxygen atoms in total. The maximum Gasteiger partial charge on any atom is 0.308 e. The van der Waals surface area contributed by atoms with Crippen molar-refractivity contribution < 1.29 is 23.4 Å². The zero-order valence-electron chi connectivity index (χ0n) is 24.0. The van der Waals surface area contributed by atoms with Gasteiger partial charge in [-0.3, -0.25) is 4.79 Å². The first-order valence-corrected chi connectivity index (χ1v) is 15.8. The topological polar surface area (TPSA) is 54.0 Å². The maximum absolute atomic E-state index is 12.3. The van der Waals surface area contributed by atoms with Gasteiger partial charge in [0, 0.05) is 24.0 Å². The summed E-state index contributed by atoms with van der Waals surface area (Å²) in [5.74, 6) is -0.255. The average molecular weight is 547 g/mol. The molecule has 0 aromatic heterocycles. The molecule has 0 aliphatic carbocycles. The smallest absolute Gasteiger partial charge is 0.308 e. The number of carbonyl (C=O) groups excluding carboxylic acids is 1. The van der Waals surface area contributed by atoms with Crippen LogP contribution in [0.25, 0.3) is 0 Å². The van der Waals surface area contributed by atoms with Gasteiger partial charge in [0.25, 0.3) is 8.32 Å². The van der Waals surface area contributed by atoms with Crippen LogP contribution in [-0.2, 0) is 23.4 Å². The van der Waals surface area contributed by atoms with Crippen LogP contribution in [0.2, 0.25) is 5.04 Å². The van der Waals surface area contributed by atoms with Crippen LogP contribution in [0.4, 0.5) is 0 Å². The number of benzene rings is 3. The van der Waals surface area contributed by atoms with E-state index in [1.807, 2.05) is 30.3 Å². The van der Waals surface area contributed by atoms with Crippen LogP contribution in [0.1, 0.15) is 52.9 Å². The van der Waals surface area contributed by atoms with Gasteiger partial charge in [-0.2, -0.15) is 0 Å². The maximum atomic E-state index is 12.3. The third-order valence-electron chi connectivity index (χ3n) is 7.89. The van der Waals surface area contributed by atoms with Crippen molar-refractivity contribution in [3.05, 3.63) is 96.6 Å². The highest BCUT2D eigenvalue weighted by molar-refractivity contribution is 6.99. The standard InChI is InChI=1S/C33H42O5Si/c1-24(31-25(2)29(22-30(34)35-6)37-32(38-31)26-16-10-7-11-17-26)23-36-39(33(3,4)5,27-18-12-8-13-19-27)28-20-14-9-15-21-28/h7-21,24-25,29,31-32H,22-23H2,1-6H3/t24-,25-,29-,31+,32-/m1/s1. The Morgan fingerprint density at radius 3 is 1.87 bits per heavy atom. The molecule has 0 bridgehead atoms. The second-order valence-electron chi connectivity index (χ2n) is 11.6. The lowest BCUT2D eigenvalue weighted by molar-refractivity contribution is -0.282. The highest BCUT2D eigenvalue weighted by atomic mass is 28.4. The molecule has 208 valence electrons. The molecule has 1 aliphatic rings. The molecule has 0 saturated carbocycles. The number of hydrogen-bond donors (Lipinski definition) is 0. The number of carbonyl (C=O) groups is 1. The van der Waals surface area contributed by atoms with E-state index in [-0.39, 0.29) is 41.5 Å². The quantitative estimate of drug-likeness (QED) is 0.248. The average Bonchev–Trinajstić information content (AvgIpc) is 2.95. The molecule has 1 fully saturated rings. The fourth-order valence-corrected chi connectivity index (χ4v) is 10.5. The monoisotopic (exact) mass is 546 g/mol. The van der Waals surface area contributed by atoms with Crippen LogP contribution in [0.5, 0.6) is 0 Å². The Morgan fingerprint density at radius 2 is 1.38 bits per heavy atom. The summed E-state index contributed by atoms with van der Waals surface area (Å²) >= 11 is 0. The summed E-state index contributed by atoms with van der Waals surface area (Å²) in [6, 6.07) is 31.3. The molecule has 0 amide bonds. The molecule has 39 heavy (non-hydrogen) atoms. The van der Waals surface area contributed by atoms with Crippen LogP contribution in [0.3, 0.4) is 0 Å². The molecule has 1 saturated heterocycles. The molecule has 1 aliphatic heterocycles. The first kappa shape index (κ1) is 29.2. The summed E-state index contributed by atoms with van der Waals surface area (Å²) in [6.07, 6.45) is -0.866. The highest BCUT2D eigenvalue weighted by Crippen LogP contribution is 2.40. The van der Waals surface area contributed by atoms with Crippen molar-refractivity contribution in [2.24, 2.45) is 11.8 Å². The molecular formula is C33H42O5Si. The number of hydrogen-bond acceptors (Lipinski definition) is 5. The highest BCUT2D eigenvalue weighted by Gasteiger charge is 2.51. The van der Waals surface area contributed by atoms with Crippen molar-refractivity contribution in [1.29, 1.82) is 0 Å². The van der Waals surface area contributed by atoms with Gasteiger partial charge in [0.1, 0.15) is 0 Å².